The van der Waals surface area contributed by atoms with Gasteiger partial charge in [-0.1, -0.05) is 0 Å². The Morgan fingerprint density at radius 1 is 0.727 bits per heavy atom. The molecule has 0 aliphatic rings. The van der Waals surface area contributed by atoms with Crippen LogP contribution in [0.5, 0.6) is 0 Å². The number of aliphatic hydroxyl groups is 1. The highest BCUT2D eigenvalue weighted by molar-refractivity contribution is 7.61. The van der Waals surface area contributed by atoms with Crippen LogP contribution in [-0.2, 0) is 50.3 Å². The molecule has 0 bridgehead atoms. The van der Waals surface area contributed by atoms with Gasteiger partial charge in [-0.15, -0.1) is 0 Å². The van der Waals surface area contributed by atoms with Gasteiger partial charge in [-0.05, 0) is 6.42 Å². The SMILES string of the molecule is O=C(O)CC(CCOP(=O)(O)OP(=O)(O)O)OC(=O)CC(O)CCOP(=O)(O)OP(=O)(O)O. The summed E-state index contributed by atoms with van der Waals surface area (Å²) < 4.78 is 63.7. The molecular weight excluding hydrogens is 548 g/mol. The van der Waals surface area contributed by atoms with E-state index in [1.165, 1.54) is 0 Å². The third-order valence-electron chi connectivity index (χ3n) is 2.92. The molecule has 0 saturated carbocycles. The minimum absolute atomic E-state index is 0.524. The first-order valence-electron chi connectivity index (χ1n) is 8.27. The van der Waals surface area contributed by atoms with E-state index < -0.39 is 94.3 Å². The summed E-state index contributed by atoms with van der Waals surface area (Å²) in [5.41, 5.74) is 0. The van der Waals surface area contributed by atoms with Crippen LogP contribution in [0, 0.1) is 0 Å². The van der Waals surface area contributed by atoms with Crippen molar-refractivity contribution in [1.29, 1.82) is 0 Å². The summed E-state index contributed by atoms with van der Waals surface area (Å²) in [6.45, 7) is -1.62. The Balaban J connectivity index is 4.61. The third kappa shape index (κ3) is 19.4. The van der Waals surface area contributed by atoms with Crippen molar-refractivity contribution in [2.45, 2.75) is 37.9 Å². The highest BCUT2D eigenvalue weighted by Crippen LogP contribution is 2.58. The first-order valence-corrected chi connectivity index (χ1v) is 14.3. The zero-order chi connectivity index (χ0) is 26.1. The first kappa shape index (κ1) is 32.4. The number of hydrogen-bond donors (Lipinski definition) is 8. The largest absolute Gasteiger partial charge is 0.481 e. The van der Waals surface area contributed by atoms with Crippen molar-refractivity contribution in [3.8, 4) is 0 Å². The monoisotopic (exact) mass is 570 g/mol. The summed E-state index contributed by atoms with van der Waals surface area (Å²) in [7, 11) is -21.1. The van der Waals surface area contributed by atoms with E-state index in [-0.39, 0.29) is 0 Å². The molecule has 0 aromatic rings. The maximum absolute atomic E-state index is 11.8. The third-order valence-corrected chi connectivity index (χ3v) is 7.29. The van der Waals surface area contributed by atoms with E-state index in [0.717, 1.165) is 0 Å². The quantitative estimate of drug-likeness (QED) is 0.0796. The number of carbonyl (C=O) groups is 2. The van der Waals surface area contributed by atoms with E-state index >= 15 is 0 Å². The van der Waals surface area contributed by atoms with Crippen LogP contribution in [0.4, 0.5) is 0 Å². The number of phosphoric acid groups is 4. The molecule has 196 valence electrons. The molecule has 0 aliphatic carbocycles. The van der Waals surface area contributed by atoms with Gasteiger partial charge in [0, 0.05) is 6.42 Å². The highest BCUT2D eigenvalue weighted by atomic mass is 31.3. The summed E-state index contributed by atoms with van der Waals surface area (Å²) in [6, 6.07) is 0. The number of hydrogen-bond acceptors (Lipinski definition) is 12. The number of phosphoric ester groups is 2. The second kappa shape index (κ2) is 13.5. The average Bonchev–Trinajstić information content (AvgIpc) is 2.48. The lowest BCUT2D eigenvalue weighted by molar-refractivity contribution is -0.155. The van der Waals surface area contributed by atoms with Gasteiger partial charge < -0.3 is 44.3 Å². The Morgan fingerprint density at radius 3 is 1.55 bits per heavy atom. The molecule has 0 spiro atoms. The van der Waals surface area contributed by atoms with Crippen molar-refractivity contribution in [2.75, 3.05) is 13.2 Å². The van der Waals surface area contributed by atoms with Crippen LogP contribution in [0.2, 0.25) is 0 Å². The molecule has 0 radical (unpaired) electrons. The van der Waals surface area contributed by atoms with Crippen LogP contribution in [0.25, 0.3) is 0 Å². The van der Waals surface area contributed by atoms with Crippen molar-refractivity contribution in [2.24, 2.45) is 0 Å². The fraction of sp³-hybridized carbons (Fsp3) is 0.800. The average molecular weight is 570 g/mol. The molecule has 33 heavy (non-hydrogen) atoms. The van der Waals surface area contributed by atoms with E-state index in [0.29, 0.717) is 0 Å². The zero-order valence-electron chi connectivity index (χ0n) is 16.3. The van der Waals surface area contributed by atoms with Gasteiger partial charge in [0.25, 0.3) is 0 Å². The standard InChI is InChI=1S/C10H22O19P4/c11-7(1-3-25-32(21,22)28-30(15,16)17)5-10(14)27-8(6-9(12)13)2-4-26-33(23,24)29-31(18,19)20/h7-8,11H,1-6H2,(H,12,13)(H,21,22)(H,23,24)(H2,15,16,17)(H2,18,19,20). The number of carbonyl (C=O) groups excluding carboxylic acids is 1. The van der Waals surface area contributed by atoms with Crippen LogP contribution < -0.4 is 0 Å². The lowest BCUT2D eigenvalue weighted by Gasteiger charge is -2.19. The van der Waals surface area contributed by atoms with Gasteiger partial charge in [0.1, 0.15) is 6.10 Å². The van der Waals surface area contributed by atoms with E-state index in [4.69, 9.17) is 39.2 Å². The minimum Gasteiger partial charge on any atom is -0.481 e. The second-order valence-corrected chi connectivity index (χ2v) is 11.6. The number of carboxylic acid groups (broad SMARTS) is 1. The lowest BCUT2D eigenvalue weighted by atomic mass is 10.1. The van der Waals surface area contributed by atoms with Crippen LogP contribution in [0.1, 0.15) is 25.7 Å². The number of carboxylic acids is 1. The first-order chi connectivity index (χ1) is 14.7. The number of esters is 1. The summed E-state index contributed by atoms with van der Waals surface area (Å²) in [5, 5.41) is 18.5. The number of aliphatic carboxylic acids is 1. The molecule has 19 nitrogen and oxygen atoms in total. The maximum atomic E-state index is 11.8. The van der Waals surface area contributed by atoms with Crippen molar-refractivity contribution in [3.05, 3.63) is 0 Å². The number of aliphatic hydroxyl groups excluding tert-OH is 1. The van der Waals surface area contributed by atoms with Crippen LogP contribution in [-0.4, -0.2) is 76.9 Å². The summed E-state index contributed by atoms with van der Waals surface area (Å²) >= 11 is 0. The molecule has 0 heterocycles. The van der Waals surface area contributed by atoms with Crippen LogP contribution >= 0.6 is 31.3 Å². The van der Waals surface area contributed by atoms with Gasteiger partial charge in [-0.25, -0.2) is 18.3 Å². The molecule has 4 unspecified atom stereocenters. The minimum atomic E-state index is -5.38. The van der Waals surface area contributed by atoms with Gasteiger partial charge in [0.15, 0.2) is 0 Å². The van der Waals surface area contributed by atoms with Gasteiger partial charge in [-0.2, -0.15) is 8.62 Å². The van der Waals surface area contributed by atoms with Crippen molar-refractivity contribution in [1.82, 2.24) is 0 Å². The van der Waals surface area contributed by atoms with E-state index in [1.807, 2.05) is 0 Å². The summed E-state index contributed by atoms with van der Waals surface area (Å²) in [6.07, 6.45) is -5.73. The molecule has 23 heteroatoms. The molecule has 0 saturated heterocycles. The Hall–Kier alpha value is -0.580. The van der Waals surface area contributed by atoms with E-state index in [1.54, 1.807) is 0 Å². The molecule has 4 atom stereocenters. The van der Waals surface area contributed by atoms with E-state index in [9.17, 15) is 33.0 Å². The number of rotatable bonds is 17. The van der Waals surface area contributed by atoms with Crippen molar-refractivity contribution < 1.29 is 89.8 Å². The Labute approximate surface area is 184 Å². The van der Waals surface area contributed by atoms with Gasteiger partial charge in [-0.3, -0.25) is 18.6 Å². The molecule has 0 aliphatic heterocycles. The lowest BCUT2D eigenvalue weighted by Crippen LogP contribution is -2.26. The normalized spacial score (nSPS) is 18.0. The van der Waals surface area contributed by atoms with Crippen molar-refractivity contribution >= 4 is 43.2 Å². The van der Waals surface area contributed by atoms with E-state index in [2.05, 4.69) is 17.7 Å². The maximum Gasteiger partial charge on any atom is 0.481 e. The highest BCUT2D eigenvalue weighted by Gasteiger charge is 2.33. The van der Waals surface area contributed by atoms with Gasteiger partial charge in [0.2, 0.25) is 0 Å². The number of ether oxygens (including phenoxy) is 1. The van der Waals surface area contributed by atoms with Crippen LogP contribution in [0.15, 0.2) is 0 Å². The fourth-order valence-corrected chi connectivity index (χ4v) is 5.05. The predicted molar refractivity (Wildman–Crippen MR) is 99.8 cm³/mol. The molecular formula is C10H22O19P4. The summed E-state index contributed by atoms with van der Waals surface area (Å²) in [5.74, 6) is -2.66. The Bertz CT molecular complexity index is 844. The molecule has 8 N–H and O–H groups in total. The van der Waals surface area contributed by atoms with Crippen LogP contribution in [0.3, 0.4) is 0 Å². The smallest absolute Gasteiger partial charge is 0.481 e. The molecule has 0 amide bonds. The Morgan fingerprint density at radius 2 is 1.15 bits per heavy atom. The zero-order valence-corrected chi connectivity index (χ0v) is 19.8. The second-order valence-electron chi connectivity index (χ2n) is 5.89. The molecule has 0 aromatic carbocycles. The predicted octanol–water partition coefficient (Wildman–Crippen LogP) is -0.643. The fourth-order valence-electron chi connectivity index (χ4n) is 1.85. The van der Waals surface area contributed by atoms with Crippen molar-refractivity contribution in [3.63, 3.8) is 0 Å². The van der Waals surface area contributed by atoms with Gasteiger partial charge >= 0.3 is 43.2 Å². The Kier molecular flexibility index (Phi) is 13.3. The molecule has 0 rings (SSSR count). The molecule has 0 aromatic heterocycles. The van der Waals surface area contributed by atoms with Gasteiger partial charge in [0.05, 0.1) is 32.2 Å². The molecule has 0 fully saturated rings. The summed E-state index contributed by atoms with van der Waals surface area (Å²) in [4.78, 5) is 74.6. The topological polar surface area (TPSA) is 310 Å².